The number of esters is 1. The Morgan fingerprint density at radius 3 is 2.27 bits per heavy atom. The lowest BCUT2D eigenvalue weighted by atomic mass is 9.78. The second kappa shape index (κ2) is 6.44. The highest BCUT2D eigenvalue weighted by atomic mass is 16.6. The van der Waals surface area contributed by atoms with E-state index in [4.69, 9.17) is 9.47 Å². The van der Waals surface area contributed by atoms with Crippen molar-refractivity contribution < 1.29 is 19.1 Å². The summed E-state index contributed by atoms with van der Waals surface area (Å²) < 4.78 is 10.4. The molecule has 1 aliphatic carbocycles. The molecule has 2 aliphatic rings. The van der Waals surface area contributed by atoms with E-state index in [0.29, 0.717) is 38.5 Å². The van der Waals surface area contributed by atoms with Crippen molar-refractivity contribution in [3.63, 3.8) is 0 Å². The highest BCUT2D eigenvalue weighted by molar-refractivity contribution is 5.78. The molecule has 2 rings (SSSR count). The second-order valence-electron chi connectivity index (χ2n) is 7.39. The maximum Gasteiger partial charge on any atom is 0.410 e. The molecule has 0 radical (unpaired) electrons. The Bertz CT molecular complexity index is 418. The third-order valence-electron chi connectivity index (χ3n) is 4.30. The number of carbonyl (C=O) groups excluding carboxylic acids is 2. The first-order chi connectivity index (χ1) is 10.3. The van der Waals surface area contributed by atoms with Gasteiger partial charge in [0.1, 0.15) is 5.60 Å². The van der Waals surface area contributed by atoms with Gasteiger partial charge in [-0.25, -0.2) is 4.79 Å². The number of rotatable bonds is 4. The zero-order valence-electron chi connectivity index (χ0n) is 14.1. The van der Waals surface area contributed by atoms with Gasteiger partial charge in [-0.15, -0.1) is 0 Å². The number of carbonyl (C=O) groups is 2. The fourth-order valence-electron chi connectivity index (χ4n) is 2.74. The molecule has 1 amide bonds. The Balaban J connectivity index is 1.93. The Morgan fingerprint density at radius 1 is 1.23 bits per heavy atom. The predicted molar refractivity (Wildman–Crippen MR) is 82.5 cm³/mol. The molecule has 0 spiro atoms. The van der Waals surface area contributed by atoms with Crippen molar-refractivity contribution >= 4 is 12.1 Å². The van der Waals surface area contributed by atoms with E-state index in [1.165, 1.54) is 20.0 Å². The van der Waals surface area contributed by atoms with Crippen molar-refractivity contribution in [2.75, 3.05) is 26.7 Å². The number of hydrogen-bond acceptors (Lipinski definition) is 5. The van der Waals surface area contributed by atoms with Crippen LogP contribution in [0.5, 0.6) is 0 Å². The third kappa shape index (κ3) is 4.35. The van der Waals surface area contributed by atoms with E-state index in [9.17, 15) is 9.59 Å². The molecule has 22 heavy (non-hydrogen) atoms. The van der Waals surface area contributed by atoms with E-state index in [0.717, 1.165) is 0 Å². The fraction of sp³-hybridized carbons (Fsp3) is 0.875. The van der Waals surface area contributed by atoms with Gasteiger partial charge in [0.25, 0.3) is 0 Å². The lowest BCUT2D eigenvalue weighted by Crippen LogP contribution is -2.52. The average Bonchev–Trinajstić information content (AvgIpc) is 3.27. The molecule has 1 aliphatic heterocycles. The van der Waals surface area contributed by atoms with Gasteiger partial charge >= 0.3 is 12.1 Å². The summed E-state index contributed by atoms with van der Waals surface area (Å²) in [4.78, 5) is 26.0. The molecule has 6 heteroatoms. The number of likely N-dealkylation sites (tertiary alicyclic amines) is 1. The number of nitrogens with zero attached hydrogens (tertiary/aromatic N) is 1. The number of nitrogens with one attached hydrogen (secondary N) is 1. The van der Waals surface area contributed by atoms with E-state index in [1.807, 2.05) is 20.8 Å². The maximum atomic E-state index is 12.2. The van der Waals surface area contributed by atoms with Crippen LogP contribution in [0.25, 0.3) is 0 Å². The quantitative estimate of drug-likeness (QED) is 0.803. The molecular weight excluding hydrogens is 284 g/mol. The summed E-state index contributed by atoms with van der Waals surface area (Å²) in [6.07, 6.45) is 3.28. The zero-order valence-corrected chi connectivity index (χ0v) is 14.1. The van der Waals surface area contributed by atoms with Gasteiger partial charge in [-0.2, -0.15) is 0 Å². The predicted octanol–water partition coefficient (Wildman–Crippen LogP) is 1.93. The van der Waals surface area contributed by atoms with Crippen molar-refractivity contribution in [3.05, 3.63) is 0 Å². The minimum absolute atomic E-state index is 0.176. The van der Waals surface area contributed by atoms with Gasteiger partial charge in [-0.05, 0) is 46.5 Å². The van der Waals surface area contributed by atoms with E-state index >= 15 is 0 Å². The van der Waals surface area contributed by atoms with Gasteiger partial charge in [0, 0.05) is 25.7 Å². The largest absolute Gasteiger partial charge is 0.469 e. The smallest absolute Gasteiger partial charge is 0.410 e. The molecule has 1 saturated carbocycles. The van der Waals surface area contributed by atoms with E-state index < -0.39 is 11.0 Å². The molecule has 0 bridgehead atoms. The van der Waals surface area contributed by atoms with Crippen LogP contribution in [0.2, 0.25) is 0 Å². The second-order valence-corrected chi connectivity index (χ2v) is 7.39. The molecule has 126 valence electrons. The lowest BCUT2D eigenvalue weighted by Gasteiger charge is -2.40. The zero-order chi connectivity index (χ0) is 16.4. The van der Waals surface area contributed by atoms with Crippen LogP contribution in [0.1, 0.15) is 46.5 Å². The van der Waals surface area contributed by atoms with Gasteiger partial charge in [0.2, 0.25) is 0 Å². The van der Waals surface area contributed by atoms with Crippen LogP contribution in [0.4, 0.5) is 4.79 Å². The normalized spacial score (nSPS) is 21.4. The number of methoxy groups -OCH3 is 1. The lowest BCUT2D eigenvalue weighted by molar-refractivity contribution is -0.155. The number of hydrogen-bond donors (Lipinski definition) is 1. The average molecular weight is 312 g/mol. The molecule has 2 fully saturated rings. The summed E-state index contributed by atoms with van der Waals surface area (Å²) in [5, 5.41) is 3.43. The standard InChI is InChI=1S/C16H28N2O4/c1-15(2,3)22-14(20)18-9-7-16(8-10-18,13(19)21-4)11-17-12-5-6-12/h12,17H,5-11H2,1-4H3. The first kappa shape index (κ1) is 17.1. The van der Waals surface area contributed by atoms with Crippen LogP contribution in [-0.2, 0) is 14.3 Å². The molecule has 0 atom stereocenters. The number of piperidine rings is 1. The first-order valence-corrected chi connectivity index (χ1v) is 8.05. The molecule has 1 saturated heterocycles. The topological polar surface area (TPSA) is 67.9 Å². The van der Waals surface area contributed by atoms with Gasteiger partial charge in [0.05, 0.1) is 12.5 Å². The fourth-order valence-corrected chi connectivity index (χ4v) is 2.74. The van der Waals surface area contributed by atoms with Crippen LogP contribution in [-0.4, -0.2) is 55.3 Å². The molecule has 6 nitrogen and oxygen atoms in total. The Hall–Kier alpha value is -1.30. The SMILES string of the molecule is COC(=O)C1(CNC2CC2)CCN(C(=O)OC(C)(C)C)CC1. The molecule has 0 aromatic heterocycles. The van der Waals surface area contributed by atoms with E-state index in [-0.39, 0.29) is 12.1 Å². The van der Waals surface area contributed by atoms with Gasteiger partial charge in [0.15, 0.2) is 0 Å². The summed E-state index contributed by atoms with van der Waals surface area (Å²) in [6.45, 7) is 7.24. The van der Waals surface area contributed by atoms with Gasteiger partial charge in [-0.3, -0.25) is 4.79 Å². The van der Waals surface area contributed by atoms with Crippen molar-refractivity contribution in [1.29, 1.82) is 0 Å². The van der Waals surface area contributed by atoms with Crippen LogP contribution in [0.3, 0.4) is 0 Å². The van der Waals surface area contributed by atoms with Crippen LogP contribution >= 0.6 is 0 Å². The van der Waals surface area contributed by atoms with Crippen LogP contribution < -0.4 is 5.32 Å². The maximum absolute atomic E-state index is 12.2. The van der Waals surface area contributed by atoms with E-state index in [1.54, 1.807) is 4.90 Å². The Morgan fingerprint density at radius 2 is 1.82 bits per heavy atom. The van der Waals surface area contributed by atoms with Crippen LogP contribution in [0, 0.1) is 5.41 Å². The summed E-state index contributed by atoms with van der Waals surface area (Å²) >= 11 is 0. The summed E-state index contributed by atoms with van der Waals surface area (Å²) in [6, 6.07) is 0.547. The van der Waals surface area contributed by atoms with Gasteiger partial charge in [-0.1, -0.05) is 0 Å². The van der Waals surface area contributed by atoms with E-state index in [2.05, 4.69) is 5.32 Å². The molecule has 1 N–H and O–H groups in total. The molecular formula is C16H28N2O4. The van der Waals surface area contributed by atoms with Crippen molar-refractivity contribution in [2.45, 2.75) is 58.1 Å². The molecule has 1 heterocycles. The first-order valence-electron chi connectivity index (χ1n) is 8.05. The number of amides is 1. The monoisotopic (exact) mass is 312 g/mol. The Labute approximate surface area is 132 Å². The van der Waals surface area contributed by atoms with Crippen molar-refractivity contribution in [1.82, 2.24) is 10.2 Å². The summed E-state index contributed by atoms with van der Waals surface area (Å²) in [5.41, 5.74) is -1.02. The molecule has 0 unspecified atom stereocenters. The minimum atomic E-state index is -0.518. The molecule has 0 aromatic rings. The Kier molecular flexibility index (Phi) is 5.00. The summed E-state index contributed by atoms with van der Waals surface area (Å²) in [5.74, 6) is -0.176. The number of ether oxygens (including phenoxy) is 2. The summed E-state index contributed by atoms with van der Waals surface area (Å²) in [7, 11) is 1.43. The minimum Gasteiger partial charge on any atom is -0.469 e. The van der Waals surface area contributed by atoms with Crippen molar-refractivity contribution in [3.8, 4) is 0 Å². The van der Waals surface area contributed by atoms with Crippen LogP contribution in [0.15, 0.2) is 0 Å². The third-order valence-corrected chi connectivity index (χ3v) is 4.30. The highest BCUT2D eigenvalue weighted by Crippen LogP contribution is 2.34. The van der Waals surface area contributed by atoms with Crippen molar-refractivity contribution in [2.24, 2.45) is 5.41 Å². The highest BCUT2D eigenvalue weighted by Gasteiger charge is 2.44. The molecule has 0 aromatic carbocycles. The van der Waals surface area contributed by atoms with Gasteiger partial charge < -0.3 is 19.7 Å².